The molecule has 0 heterocycles. The standard InChI is InChI=1S/C10H20N2O/c1-7(2)12(4)9(13)10(3,11)8-5-6-8/h7-8H,5-6,11H2,1-4H3. The highest BCUT2D eigenvalue weighted by Gasteiger charge is 2.45. The third kappa shape index (κ3) is 2.02. The first-order valence-corrected chi connectivity index (χ1v) is 4.93. The molecule has 0 aliphatic heterocycles. The quantitative estimate of drug-likeness (QED) is 0.710. The van der Waals surface area contributed by atoms with E-state index in [9.17, 15) is 4.79 Å². The van der Waals surface area contributed by atoms with Crippen LogP contribution >= 0.6 is 0 Å². The molecule has 0 radical (unpaired) electrons. The number of carbonyl (C=O) groups is 1. The maximum Gasteiger partial charge on any atom is 0.242 e. The number of nitrogens with zero attached hydrogens (tertiary/aromatic N) is 1. The number of hydrogen-bond donors (Lipinski definition) is 1. The van der Waals surface area contributed by atoms with Gasteiger partial charge in [0.15, 0.2) is 0 Å². The van der Waals surface area contributed by atoms with E-state index in [2.05, 4.69) is 0 Å². The molecule has 1 rings (SSSR count). The van der Waals surface area contributed by atoms with Gasteiger partial charge in [-0.2, -0.15) is 0 Å². The summed E-state index contributed by atoms with van der Waals surface area (Å²) in [5, 5.41) is 0. The average molecular weight is 184 g/mol. The molecule has 1 unspecified atom stereocenters. The first-order valence-electron chi connectivity index (χ1n) is 4.93. The summed E-state index contributed by atoms with van der Waals surface area (Å²) in [5.74, 6) is 0.478. The number of likely N-dealkylation sites (N-methyl/N-ethyl adjacent to an activating group) is 1. The lowest BCUT2D eigenvalue weighted by Crippen LogP contribution is -2.55. The number of rotatable bonds is 3. The lowest BCUT2D eigenvalue weighted by atomic mass is 9.95. The van der Waals surface area contributed by atoms with Gasteiger partial charge in [-0.3, -0.25) is 4.79 Å². The van der Waals surface area contributed by atoms with Crippen molar-refractivity contribution in [3.8, 4) is 0 Å². The van der Waals surface area contributed by atoms with Gasteiger partial charge in [0.2, 0.25) is 5.91 Å². The number of carbonyl (C=O) groups excluding carboxylic acids is 1. The summed E-state index contributed by atoms with van der Waals surface area (Å²) < 4.78 is 0. The van der Waals surface area contributed by atoms with E-state index < -0.39 is 5.54 Å². The molecule has 0 aromatic carbocycles. The summed E-state index contributed by atoms with van der Waals surface area (Å²) >= 11 is 0. The fraction of sp³-hybridized carbons (Fsp3) is 0.900. The Balaban J connectivity index is 2.64. The summed E-state index contributed by atoms with van der Waals surface area (Å²) in [5.41, 5.74) is 5.37. The van der Waals surface area contributed by atoms with Gasteiger partial charge in [-0.1, -0.05) is 0 Å². The molecule has 3 nitrogen and oxygen atoms in total. The van der Waals surface area contributed by atoms with E-state index in [0.29, 0.717) is 5.92 Å². The van der Waals surface area contributed by atoms with Gasteiger partial charge in [0.1, 0.15) is 0 Å². The first-order chi connectivity index (χ1) is 5.87. The normalized spacial score (nSPS) is 21.4. The van der Waals surface area contributed by atoms with Crippen LogP contribution in [0.5, 0.6) is 0 Å². The van der Waals surface area contributed by atoms with Gasteiger partial charge < -0.3 is 10.6 Å². The van der Waals surface area contributed by atoms with Crippen molar-refractivity contribution >= 4 is 5.91 Å². The van der Waals surface area contributed by atoms with E-state index in [4.69, 9.17) is 5.73 Å². The van der Waals surface area contributed by atoms with E-state index >= 15 is 0 Å². The van der Waals surface area contributed by atoms with Crippen molar-refractivity contribution < 1.29 is 4.79 Å². The van der Waals surface area contributed by atoms with Crippen LogP contribution in [0.1, 0.15) is 33.6 Å². The summed E-state index contributed by atoms with van der Waals surface area (Å²) in [6.07, 6.45) is 2.20. The Morgan fingerprint density at radius 1 is 1.54 bits per heavy atom. The van der Waals surface area contributed by atoms with Gasteiger partial charge in [0, 0.05) is 13.1 Å². The third-order valence-corrected chi connectivity index (χ3v) is 2.98. The average Bonchev–Trinajstić information content (AvgIpc) is 2.83. The summed E-state index contributed by atoms with van der Waals surface area (Å²) in [6, 6.07) is 0.231. The van der Waals surface area contributed by atoms with Crippen LogP contribution in [-0.2, 0) is 4.79 Å². The molecule has 1 amide bonds. The van der Waals surface area contributed by atoms with Gasteiger partial charge in [0.25, 0.3) is 0 Å². The Morgan fingerprint density at radius 3 is 2.31 bits per heavy atom. The fourth-order valence-electron chi connectivity index (χ4n) is 1.47. The van der Waals surface area contributed by atoms with E-state index in [-0.39, 0.29) is 11.9 Å². The van der Waals surface area contributed by atoms with E-state index in [1.165, 1.54) is 0 Å². The molecule has 0 aromatic rings. The molecule has 3 heteroatoms. The highest BCUT2D eigenvalue weighted by molar-refractivity contribution is 5.86. The van der Waals surface area contributed by atoms with Crippen molar-refractivity contribution in [1.82, 2.24) is 4.90 Å². The zero-order valence-electron chi connectivity index (χ0n) is 9.00. The summed E-state index contributed by atoms with van der Waals surface area (Å²) in [7, 11) is 1.82. The zero-order chi connectivity index (χ0) is 10.2. The van der Waals surface area contributed by atoms with Crippen LogP contribution in [0.15, 0.2) is 0 Å². The minimum atomic E-state index is -0.640. The fourth-order valence-corrected chi connectivity index (χ4v) is 1.47. The second kappa shape index (κ2) is 3.29. The third-order valence-electron chi connectivity index (χ3n) is 2.98. The Hall–Kier alpha value is -0.570. The maximum absolute atomic E-state index is 11.9. The monoisotopic (exact) mass is 184 g/mol. The Kier molecular flexibility index (Phi) is 2.66. The number of amides is 1. The summed E-state index contributed by atoms with van der Waals surface area (Å²) in [4.78, 5) is 13.6. The SMILES string of the molecule is CC(C)N(C)C(=O)C(C)(N)C1CC1. The van der Waals surface area contributed by atoms with Crippen LogP contribution in [-0.4, -0.2) is 29.4 Å². The van der Waals surface area contributed by atoms with Crippen molar-refractivity contribution in [2.24, 2.45) is 11.7 Å². The molecule has 1 saturated carbocycles. The molecule has 0 saturated heterocycles. The predicted molar refractivity (Wildman–Crippen MR) is 53.2 cm³/mol. The Bertz CT molecular complexity index is 207. The van der Waals surface area contributed by atoms with Crippen molar-refractivity contribution in [2.45, 2.75) is 45.2 Å². The van der Waals surface area contributed by atoms with Crippen molar-refractivity contribution in [3.63, 3.8) is 0 Å². The second-order valence-electron chi connectivity index (χ2n) is 4.57. The molecule has 1 aliphatic rings. The Labute approximate surface area is 80.3 Å². The zero-order valence-corrected chi connectivity index (χ0v) is 9.00. The van der Waals surface area contributed by atoms with Gasteiger partial charge in [-0.15, -0.1) is 0 Å². The largest absolute Gasteiger partial charge is 0.342 e. The predicted octanol–water partition coefficient (Wildman–Crippen LogP) is 0.981. The van der Waals surface area contributed by atoms with Crippen LogP contribution in [0.4, 0.5) is 0 Å². The molecular weight excluding hydrogens is 164 g/mol. The van der Waals surface area contributed by atoms with Crippen LogP contribution in [0.2, 0.25) is 0 Å². The highest BCUT2D eigenvalue weighted by atomic mass is 16.2. The maximum atomic E-state index is 11.9. The van der Waals surface area contributed by atoms with Gasteiger partial charge in [-0.05, 0) is 39.5 Å². The van der Waals surface area contributed by atoms with Gasteiger partial charge in [0.05, 0.1) is 5.54 Å². The lowest BCUT2D eigenvalue weighted by Gasteiger charge is -2.31. The second-order valence-corrected chi connectivity index (χ2v) is 4.57. The van der Waals surface area contributed by atoms with E-state index in [1.807, 2.05) is 27.8 Å². The van der Waals surface area contributed by atoms with E-state index in [1.54, 1.807) is 4.90 Å². The molecule has 0 aromatic heterocycles. The minimum Gasteiger partial charge on any atom is -0.342 e. The van der Waals surface area contributed by atoms with Crippen LogP contribution in [0.25, 0.3) is 0 Å². The Morgan fingerprint density at radius 2 is 2.00 bits per heavy atom. The van der Waals surface area contributed by atoms with E-state index in [0.717, 1.165) is 12.8 Å². The van der Waals surface area contributed by atoms with Crippen LogP contribution < -0.4 is 5.73 Å². The molecular formula is C10H20N2O. The smallest absolute Gasteiger partial charge is 0.242 e. The molecule has 76 valence electrons. The topological polar surface area (TPSA) is 46.3 Å². The first kappa shape index (κ1) is 10.5. The molecule has 1 atom stereocenters. The summed E-state index contributed by atoms with van der Waals surface area (Å²) in [6.45, 7) is 5.85. The molecule has 0 bridgehead atoms. The molecule has 1 aliphatic carbocycles. The van der Waals surface area contributed by atoms with Gasteiger partial charge in [-0.25, -0.2) is 0 Å². The molecule has 2 N–H and O–H groups in total. The minimum absolute atomic E-state index is 0.0741. The molecule has 1 fully saturated rings. The highest BCUT2D eigenvalue weighted by Crippen LogP contribution is 2.38. The molecule has 0 spiro atoms. The number of nitrogens with two attached hydrogens (primary N) is 1. The van der Waals surface area contributed by atoms with Crippen LogP contribution in [0.3, 0.4) is 0 Å². The van der Waals surface area contributed by atoms with Gasteiger partial charge >= 0.3 is 0 Å². The lowest BCUT2D eigenvalue weighted by molar-refractivity contribution is -0.137. The number of hydrogen-bond acceptors (Lipinski definition) is 2. The molecule has 13 heavy (non-hydrogen) atoms. The van der Waals surface area contributed by atoms with Crippen molar-refractivity contribution in [1.29, 1.82) is 0 Å². The van der Waals surface area contributed by atoms with Crippen LogP contribution in [0, 0.1) is 5.92 Å². The van der Waals surface area contributed by atoms with Crippen molar-refractivity contribution in [2.75, 3.05) is 7.05 Å². The van der Waals surface area contributed by atoms with Crippen molar-refractivity contribution in [3.05, 3.63) is 0 Å².